The molecular formula is C20H24O3. The number of hydrogen-bond donors (Lipinski definition) is 1. The Hall–Kier alpha value is -2.26. The van der Waals surface area contributed by atoms with E-state index in [1.54, 1.807) is 14.2 Å². The predicted octanol–water partition coefficient (Wildman–Crippen LogP) is 3.80. The van der Waals surface area contributed by atoms with Crippen molar-refractivity contribution < 1.29 is 14.6 Å². The molecule has 0 spiro atoms. The lowest BCUT2D eigenvalue weighted by molar-refractivity contribution is 0.223. The minimum absolute atomic E-state index is 0.479. The highest BCUT2D eigenvalue weighted by Gasteiger charge is 2.02. The highest BCUT2D eigenvalue weighted by Crippen LogP contribution is 2.15. The normalized spacial score (nSPS) is 12.3. The monoisotopic (exact) mass is 312 g/mol. The number of hydrogen-bond acceptors (Lipinski definition) is 3. The fourth-order valence-corrected chi connectivity index (χ4v) is 2.44. The van der Waals surface area contributed by atoms with Crippen LogP contribution < -0.4 is 9.47 Å². The van der Waals surface area contributed by atoms with Gasteiger partial charge in [0.1, 0.15) is 11.5 Å². The Balaban J connectivity index is 1.80. The zero-order valence-corrected chi connectivity index (χ0v) is 13.7. The summed E-state index contributed by atoms with van der Waals surface area (Å²) in [6.45, 7) is 0. The summed E-state index contributed by atoms with van der Waals surface area (Å²) in [7, 11) is 3.32. The van der Waals surface area contributed by atoms with Gasteiger partial charge in [-0.2, -0.15) is 0 Å². The Morgan fingerprint density at radius 3 is 2.22 bits per heavy atom. The van der Waals surface area contributed by atoms with Crippen LogP contribution in [-0.2, 0) is 12.8 Å². The Kier molecular flexibility index (Phi) is 6.70. The van der Waals surface area contributed by atoms with Gasteiger partial charge in [0.15, 0.2) is 0 Å². The second-order valence-corrected chi connectivity index (χ2v) is 5.44. The number of benzene rings is 2. The van der Waals surface area contributed by atoms with Gasteiger partial charge in [-0.05, 0) is 48.2 Å². The fourth-order valence-electron chi connectivity index (χ4n) is 2.44. The lowest BCUT2D eigenvalue weighted by Crippen LogP contribution is -2.06. The van der Waals surface area contributed by atoms with Crippen molar-refractivity contribution in [2.45, 2.75) is 25.4 Å². The molecule has 0 saturated carbocycles. The SMILES string of the molecule is COc1cccc(CC/C=C/[C@@H](O)Cc2cccc(OC)c2)c1. The van der Waals surface area contributed by atoms with Crippen LogP contribution in [0.3, 0.4) is 0 Å². The van der Waals surface area contributed by atoms with E-state index in [0.717, 1.165) is 29.9 Å². The largest absolute Gasteiger partial charge is 0.497 e. The van der Waals surface area contributed by atoms with E-state index >= 15 is 0 Å². The first-order valence-corrected chi connectivity index (χ1v) is 7.82. The molecule has 0 aliphatic carbocycles. The van der Waals surface area contributed by atoms with E-state index in [-0.39, 0.29) is 0 Å². The molecule has 0 radical (unpaired) electrons. The van der Waals surface area contributed by atoms with Gasteiger partial charge in [0.25, 0.3) is 0 Å². The second kappa shape index (κ2) is 9.01. The van der Waals surface area contributed by atoms with Gasteiger partial charge in [0, 0.05) is 6.42 Å². The molecule has 3 heteroatoms. The van der Waals surface area contributed by atoms with Gasteiger partial charge in [-0.25, -0.2) is 0 Å². The van der Waals surface area contributed by atoms with Crippen LogP contribution in [0.15, 0.2) is 60.7 Å². The Morgan fingerprint density at radius 1 is 0.957 bits per heavy atom. The van der Waals surface area contributed by atoms with Crippen molar-refractivity contribution in [2.24, 2.45) is 0 Å². The molecule has 2 rings (SSSR count). The van der Waals surface area contributed by atoms with Crippen molar-refractivity contribution in [3.63, 3.8) is 0 Å². The van der Waals surface area contributed by atoms with Crippen molar-refractivity contribution in [1.82, 2.24) is 0 Å². The maximum atomic E-state index is 10.1. The first-order chi connectivity index (χ1) is 11.2. The Labute approximate surface area is 138 Å². The molecule has 2 aromatic rings. The van der Waals surface area contributed by atoms with Crippen molar-refractivity contribution >= 4 is 0 Å². The van der Waals surface area contributed by atoms with Crippen LogP contribution in [0.25, 0.3) is 0 Å². The molecule has 2 aromatic carbocycles. The third kappa shape index (κ3) is 5.80. The smallest absolute Gasteiger partial charge is 0.119 e. The Morgan fingerprint density at radius 2 is 1.57 bits per heavy atom. The summed E-state index contributed by atoms with van der Waals surface area (Å²) in [5, 5.41) is 10.1. The molecule has 122 valence electrons. The maximum absolute atomic E-state index is 10.1. The van der Waals surface area contributed by atoms with Crippen molar-refractivity contribution in [3.05, 3.63) is 71.8 Å². The second-order valence-electron chi connectivity index (χ2n) is 5.44. The minimum atomic E-state index is -0.479. The quantitative estimate of drug-likeness (QED) is 0.754. The van der Waals surface area contributed by atoms with Crippen LogP contribution in [0.2, 0.25) is 0 Å². The average Bonchev–Trinajstić information content (AvgIpc) is 2.59. The molecule has 1 N–H and O–H groups in total. The highest BCUT2D eigenvalue weighted by atomic mass is 16.5. The lowest BCUT2D eigenvalue weighted by atomic mass is 10.1. The number of methoxy groups -OCH3 is 2. The summed E-state index contributed by atoms with van der Waals surface area (Å²) in [5.74, 6) is 1.70. The van der Waals surface area contributed by atoms with Crippen LogP contribution >= 0.6 is 0 Å². The van der Waals surface area contributed by atoms with Crippen molar-refractivity contribution in [2.75, 3.05) is 14.2 Å². The number of aliphatic hydroxyl groups excluding tert-OH is 1. The minimum Gasteiger partial charge on any atom is -0.497 e. The van der Waals surface area contributed by atoms with Gasteiger partial charge < -0.3 is 14.6 Å². The van der Waals surface area contributed by atoms with E-state index < -0.39 is 6.10 Å². The standard InChI is InChI=1S/C20H24O3/c1-22-19-11-5-8-16(14-19)7-3-4-10-18(21)13-17-9-6-12-20(15-17)23-2/h4-6,8-12,14-15,18,21H,3,7,13H2,1-2H3/b10-4+/t18-/m1/s1. The highest BCUT2D eigenvalue weighted by molar-refractivity contribution is 5.30. The number of aryl methyl sites for hydroxylation is 1. The number of ether oxygens (including phenoxy) is 2. The van der Waals surface area contributed by atoms with Gasteiger partial charge >= 0.3 is 0 Å². The third-order valence-electron chi connectivity index (χ3n) is 3.67. The molecule has 3 nitrogen and oxygen atoms in total. The molecule has 23 heavy (non-hydrogen) atoms. The van der Waals surface area contributed by atoms with Crippen LogP contribution in [0, 0.1) is 0 Å². The first-order valence-electron chi connectivity index (χ1n) is 7.82. The zero-order valence-electron chi connectivity index (χ0n) is 13.7. The summed E-state index contributed by atoms with van der Waals surface area (Å²) in [6, 6.07) is 15.9. The van der Waals surface area contributed by atoms with Crippen molar-refractivity contribution in [1.29, 1.82) is 0 Å². The van der Waals surface area contributed by atoms with Gasteiger partial charge in [-0.1, -0.05) is 36.4 Å². The zero-order chi connectivity index (χ0) is 16.5. The molecule has 0 aliphatic heterocycles. The van der Waals surface area contributed by atoms with Crippen LogP contribution in [-0.4, -0.2) is 25.4 Å². The molecule has 1 atom stereocenters. The number of rotatable bonds is 8. The average molecular weight is 312 g/mol. The summed E-state index contributed by atoms with van der Waals surface area (Å²) < 4.78 is 10.4. The van der Waals surface area contributed by atoms with Gasteiger partial charge in [-0.15, -0.1) is 0 Å². The van der Waals surface area contributed by atoms with Crippen LogP contribution in [0.1, 0.15) is 17.5 Å². The fraction of sp³-hybridized carbons (Fsp3) is 0.300. The third-order valence-corrected chi connectivity index (χ3v) is 3.67. The summed E-state index contributed by atoms with van der Waals surface area (Å²) >= 11 is 0. The van der Waals surface area contributed by atoms with E-state index in [9.17, 15) is 5.11 Å². The van der Waals surface area contributed by atoms with Gasteiger partial charge in [0.05, 0.1) is 20.3 Å². The van der Waals surface area contributed by atoms with Gasteiger partial charge in [-0.3, -0.25) is 0 Å². The predicted molar refractivity (Wildman–Crippen MR) is 93.2 cm³/mol. The molecule has 0 fully saturated rings. The molecule has 0 aromatic heterocycles. The van der Waals surface area contributed by atoms with Crippen LogP contribution in [0.5, 0.6) is 11.5 Å². The van der Waals surface area contributed by atoms with E-state index in [2.05, 4.69) is 6.07 Å². The Bertz CT molecular complexity index is 634. The summed E-state index contributed by atoms with van der Waals surface area (Å²) in [5.41, 5.74) is 2.30. The molecule has 0 bridgehead atoms. The topological polar surface area (TPSA) is 38.7 Å². The maximum Gasteiger partial charge on any atom is 0.119 e. The van der Waals surface area contributed by atoms with E-state index in [4.69, 9.17) is 9.47 Å². The molecule has 0 saturated heterocycles. The summed E-state index contributed by atoms with van der Waals surface area (Å²) in [4.78, 5) is 0. The van der Waals surface area contributed by atoms with Gasteiger partial charge in [0.2, 0.25) is 0 Å². The molecular weight excluding hydrogens is 288 g/mol. The molecule has 0 heterocycles. The molecule has 0 unspecified atom stereocenters. The van der Waals surface area contributed by atoms with Crippen LogP contribution in [0.4, 0.5) is 0 Å². The van der Waals surface area contributed by atoms with Crippen molar-refractivity contribution in [3.8, 4) is 11.5 Å². The summed E-state index contributed by atoms with van der Waals surface area (Å²) in [6.07, 6.45) is 5.83. The number of aliphatic hydroxyl groups is 1. The van der Waals surface area contributed by atoms with E-state index in [1.165, 1.54) is 5.56 Å². The molecule has 0 aliphatic rings. The first kappa shape index (κ1) is 17.1. The number of allylic oxidation sites excluding steroid dienone is 1. The van der Waals surface area contributed by atoms with E-state index in [1.807, 2.05) is 54.6 Å². The lowest BCUT2D eigenvalue weighted by Gasteiger charge is -2.07. The van der Waals surface area contributed by atoms with E-state index in [0.29, 0.717) is 6.42 Å². The molecule has 0 amide bonds.